The molecule has 2 heterocycles. The first kappa shape index (κ1) is 25.8. The molecule has 2 aromatic heterocycles. The number of aryl methyl sites for hydroxylation is 1. The third kappa shape index (κ3) is 4.73. The number of pyridine rings is 1. The molecule has 0 atom stereocenters. The van der Waals surface area contributed by atoms with Crippen molar-refractivity contribution in [2.75, 3.05) is 0 Å². The Labute approximate surface area is 254 Å². The van der Waals surface area contributed by atoms with Gasteiger partial charge in [-0.1, -0.05) is 78.4 Å². The third-order valence-electron chi connectivity index (χ3n) is 8.25. The fourth-order valence-corrected chi connectivity index (χ4v) is 5.89. The van der Waals surface area contributed by atoms with Gasteiger partial charge in [0, 0.05) is 22.1 Å². The minimum absolute atomic E-state index is 0.206. The van der Waals surface area contributed by atoms with E-state index < -0.39 is 0 Å². The second-order valence-electron chi connectivity index (χ2n) is 11.3. The average molecular weight is 566 g/mol. The van der Waals surface area contributed by atoms with Gasteiger partial charge in [-0.25, -0.2) is 4.98 Å². The van der Waals surface area contributed by atoms with E-state index in [4.69, 9.17) is 4.98 Å². The quantitative estimate of drug-likeness (QED) is 0.216. The summed E-state index contributed by atoms with van der Waals surface area (Å²) < 4.78 is 0. The maximum Gasteiger partial charge on any atom is 0.125 e. The van der Waals surface area contributed by atoms with Crippen molar-refractivity contribution in [2.24, 2.45) is 0 Å². The highest BCUT2D eigenvalue weighted by Gasteiger charge is 2.14. The summed E-state index contributed by atoms with van der Waals surface area (Å²) in [6.45, 7) is 2.09. The molecule has 0 fully saturated rings. The fourth-order valence-electron chi connectivity index (χ4n) is 5.89. The molecule has 0 saturated heterocycles. The molecule has 1 N–H and O–H groups in total. The zero-order chi connectivity index (χ0) is 29.6. The Kier molecular flexibility index (Phi) is 6.13. The molecule has 0 radical (unpaired) electrons. The molecule has 0 bridgehead atoms. The molecule has 0 aliphatic rings. The van der Waals surface area contributed by atoms with Crippen LogP contribution >= 0.6 is 0 Å². The van der Waals surface area contributed by atoms with E-state index in [-0.39, 0.29) is 5.75 Å². The summed E-state index contributed by atoms with van der Waals surface area (Å²) in [5.74, 6) is 0.206. The van der Waals surface area contributed by atoms with E-state index in [0.717, 1.165) is 66.1 Å². The van der Waals surface area contributed by atoms with Crippen LogP contribution in [0.15, 0.2) is 140 Å². The number of hydrogen-bond donors (Lipinski definition) is 1. The van der Waals surface area contributed by atoms with Crippen molar-refractivity contribution in [2.45, 2.75) is 6.92 Å². The SMILES string of the molecule is Cc1ccc(-c2cc(-c3cc4ccccc4nn3)cc(-c3cccc(-c4cc5cc6ccccc6cc5cc4O)n3)c2)cc1. The van der Waals surface area contributed by atoms with Crippen molar-refractivity contribution in [3.63, 3.8) is 0 Å². The largest absolute Gasteiger partial charge is 0.507 e. The first-order valence-electron chi connectivity index (χ1n) is 14.7. The van der Waals surface area contributed by atoms with Crippen LogP contribution in [-0.2, 0) is 0 Å². The van der Waals surface area contributed by atoms with Crippen LogP contribution in [0, 0.1) is 6.92 Å². The molecule has 0 aliphatic carbocycles. The minimum atomic E-state index is 0.206. The molecule has 4 heteroatoms. The van der Waals surface area contributed by atoms with E-state index in [1.807, 2.05) is 60.7 Å². The van der Waals surface area contributed by atoms with Crippen LogP contribution in [0.4, 0.5) is 0 Å². The summed E-state index contributed by atoms with van der Waals surface area (Å²) >= 11 is 0. The molecule has 0 unspecified atom stereocenters. The second kappa shape index (κ2) is 10.4. The van der Waals surface area contributed by atoms with Crippen LogP contribution in [0.1, 0.15) is 5.56 Å². The lowest BCUT2D eigenvalue weighted by Gasteiger charge is -2.12. The summed E-state index contributed by atoms with van der Waals surface area (Å²) in [7, 11) is 0. The number of fused-ring (bicyclic) bond motifs is 3. The molecule has 208 valence electrons. The van der Waals surface area contributed by atoms with E-state index in [2.05, 4.69) is 96.0 Å². The molecule has 0 amide bonds. The van der Waals surface area contributed by atoms with Crippen LogP contribution in [0.5, 0.6) is 5.75 Å². The lowest BCUT2D eigenvalue weighted by atomic mass is 9.95. The molecule has 0 spiro atoms. The molecule has 8 aromatic rings. The Hall–Kier alpha value is -5.87. The van der Waals surface area contributed by atoms with Gasteiger partial charge in [0.2, 0.25) is 0 Å². The number of phenolic OH excluding ortho intramolecular Hbond substituents is 1. The number of rotatable bonds is 4. The van der Waals surface area contributed by atoms with Gasteiger partial charge in [-0.05, 0) is 106 Å². The monoisotopic (exact) mass is 565 g/mol. The summed E-state index contributed by atoms with van der Waals surface area (Å²) in [5.41, 5.74) is 9.20. The Balaban J connectivity index is 1.27. The molecule has 4 nitrogen and oxygen atoms in total. The zero-order valence-corrected chi connectivity index (χ0v) is 24.1. The van der Waals surface area contributed by atoms with Gasteiger partial charge >= 0.3 is 0 Å². The van der Waals surface area contributed by atoms with Crippen LogP contribution in [0.3, 0.4) is 0 Å². The topological polar surface area (TPSA) is 58.9 Å². The van der Waals surface area contributed by atoms with Crippen molar-refractivity contribution >= 4 is 32.4 Å². The number of benzene rings is 6. The van der Waals surface area contributed by atoms with Crippen LogP contribution < -0.4 is 0 Å². The first-order valence-corrected chi connectivity index (χ1v) is 14.7. The smallest absolute Gasteiger partial charge is 0.125 e. The van der Waals surface area contributed by atoms with E-state index >= 15 is 0 Å². The van der Waals surface area contributed by atoms with Gasteiger partial charge < -0.3 is 5.11 Å². The number of aromatic hydroxyl groups is 1. The predicted molar refractivity (Wildman–Crippen MR) is 180 cm³/mol. The standard InChI is InChI=1S/C40H27N3O/c1-25-13-15-26(16-14-25)30-19-33(21-34(20-30)39-23-29-9-4-5-10-37(29)42-43-39)36-11-6-12-38(41-36)35-22-31-17-27-7-2-3-8-28(27)18-32(31)24-40(35)44/h2-24,44H,1H3. The van der Waals surface area contributed by atoms with E-state index in [1.165, 1.54) is 5.56 Å². The van der Waals surface area contributed by atoms with Crippen molar-refractivity contribution < 1.29 is 5.11 Å². The Morgan fingerprint density at radius 1 is 0.432 bits per heavy atom. The van der Waals surface area contributed by atoms with Crippen LogP contribution in [0.2, 0.25) is 0 Å². The summed E-state index contributed by atoms with van der Waals surface area (Å²) in [6.07, 6.45) is 0. The van der Waals surface area contributed by atoms with Crippen molar-refractivity contribution in [3.8, 4) is 50.6 Å². The number of aromatic nitrogens is 3. The number of phenols is 1. The predicted octanol–water partition coefficient (Wildman–Crippen LogP) is 10.0. The van der Waals surface area contributed by atoms with Gasteiger partial charge in [-0.3, -0.25) is 0 Å². The van der Waals surface area contributed by atoms with Crippen molar-refractivity contribution in [1.29, 1.82) is 0 Å². The normalized spacial score (nSPS) is 11.4. The lowest BCUT2D eigenvalue weighted by Crippen LogP contribution is -1.93. The molecular weight excluding hydrogens is 538 g/mol. The Morgan fingerprint density at radius 3 is 1.84 bits per heavy atom. The fraction of sp³-hybridized carbons (Fsp3) is 0.0250. The highest BCUT2D eigenvalue weighted by Crippen LogP contribution is 2.37. The van der Waals surface area contributed by atoms with Gasteiger partial charge in [0.25, 0.3) is 0 Å². The molecule has 0 aliphatic heterocycles. The van der Waals surface area contributed by atoms with Gasteiger partial charge in [0.1, 0.15) is 5.75 Å². The second-order valence-corrected chi connectivity index (χ2v) is 11.3. The molecule has 44 heavy (non-hydrogen) atoms. The highest BCUT2D eigenvalue weighted by atomic mass is 16.3. The van der Waals surface area contributed by atoms with E-state index in [9.17, 15) is 5.11 Å². The first-order chi connectivity index (χ1) is 21.6. The van der Waals surface area contributed by atoms with Gasteiger partial charge in [-0.15, -0.1) is 10.2 Å². The maximum absolute atomic E-state index is 11.1. The minimum Gasteiger partial charge on any atom is -0.507 e. The lowest BCUT2D eigenvalue weighted by molar-refractivity contribution is 0.478. The van der Waals surface area contributed by atoms with Gasteiger partial charge in [-0.2, -0.15) is 0 Å². The highest BCUT2D eigenvalue weighted by molar-refractivity contribution is 6.01. The Bertz CT molecular complexity index is 2360. The average Bonchev–Trinajstić information content (AvgIpc) is 3.07. The van der Waals surface area contributed by atoms with Gasteiger partial charge in [0.15, 0.2) is 0 Å². The number of hydrogen-bond acceptors (Lipinski definition) is 4. The zero-order valence-electron chi connectivity index (χ0n) is 24.1. The Morgan fingerprint density at radius 2 is 1.07 bits per heavy atom. The molecule has 8 rings (SSSR count). The maximum atomic E-state index is 11.1. The van der Waals surface area contributed by atoms with Crippen molar-refractivity contribution in [1.82, 2.24) is 15.2 Å². The third-order valence-corrected chi connectivity index (χ3v) is 8.25. The van der Waals surface area contributed by atoms with Crippen LogP contribution in [0.25, 0.3) is 77.3 Å². The van der Waals surface area contributed by atoms with Gasteiger partial charge in [0.05, 0.1) is 22.6 Å². The molecule has 6 aromatic carbocycles. The van der Waals surface area contributed by atoms with Crippen LogP contribution in [-0.4, -0.2) is 20.3 Å². The molecular formula is C40H27N3O. The summed E-state index contributed by atoms with van der Waals surface area (Å²) in [4.78, 5) is 5.08. The summed E-state index contributed by atoms with van der Waals surface area (Å²) in [6, 6.07) is 47.5. The van der Waals surface area contributed by atoms with Crippen molar-refractivity contribution in [3.05, 3.63) is 145 Å². The van der Waals surface area contributed by atoms with E-state index in [1.54, 1.807) is 0 Å². The van der Waals surface area contributed by atoms with E-state index in [0.29, 0.717) is 11.3 Å². The molecule has 0 saturated carbocycles. The number of nitrogens with zero attached hydrogens (tertiary/aromatic N) is 3. The summed E-state index contributed by atoms with van der Waals surface area (Å²) in [5, 5.41) is 25.6.